The number of aliphatic hydroxyl groups is 1. The lowest BCUT2D eigenvalue weighted by Gasteiger charge is -2.29. The van der Waals surface area contributed by atoms with Crippen LogP contribution in [0.2, 0.25) is 0 Å². The summed E-state index contributed by atoms with van der Waals surface area (Å²) in [7, 11) is 0. The minimum atomic E-state index is -0.901. The number of rotatable bonds is 9. The molecule has 2 atom stereocenters. The molecule has 1 saturated heterocycles. The summed E-state index contributed by atoms with van der Waals surface area (Å²) in [5.74, 6) is -1.84. The highest BCUT2D eigenvalue weighted by Gasteiger charge is 2.28. The van der Waals surface area contributed by atoms with Gasteiger partial charge in [-0.3, -0.25) is 0 Å². The average molecular weight is 511 g/mol. The molecule has 1 aliphatic heterocycles. The summed E-state index contributed by atoms with van der Waals surface area (Å²) in [6.07, 6.45) is 4.00. The van der Waals surface area contributed by atoms with E-state index in [4.69, 9.17) is 9.47 Å². The van der Waals surface area contributed by atoms with Gasteiger partial charge in [0.25, 0.3) is 0 Å². The summed E-state index contributed by atoms with van der Waals surface area (Å²) in [6, 6.07) is 15.5. The van der Waals surface area contributed by atoms with Crippen molar-refractivity contribution in [2.75, 3.05) is 6.61 Å². The van der Waals surface area contributed by atoms with E-state index in [1.165, 1.54) is 0 Å². The molecule has 0 bridgehead atoms. The summed E-state index contributed by atoms with van der Waals surface area (Å²) in [6.45, 7) is 2.65. The lowest BCUT2D eigenvalue weighted by atomic mass is 9.82. The van der Waals surface area contributed by atoms with Crippen LogP contribution in [0.3, 0.4) is 0 Å². The number of hydrogen-bond acceptors (Lipinski definition) is 3. The van der Waals surface area contributed by atoms with Crippen molar-refractivity contribution in [3.8, 4) is 11.1 Å². The van der Waals surface area contributed by atoms with E-state index in [9.17, 15) is 18.3 Å². The summed E-state index contributed by atoms with van der Waals surface area (Å²) in [5.41, 5.74) is 3.31. The number of epoxide rings is 1. The van der Waals surface area contributed by atoms with Crippen molar-refractivity contribution in [3.05, 3.63) is 94.3 Å². The van der Waals surface area contributed by atoms with Crippen LogP contribution in [0.15, 0.2) is 54.6 Å². The smallest absolute Gasteiger partial charge is 0.167 e. The second-order valence-corrected chi connectivity index (χ2v) is 10.2. The third kappa shape index (κ3) is 5.92. The second kappa shape index (κ2) is 11.4. The molecule has 0 amide bonds. The van der Waals surface area contributed by atoms with Crippen molar-refractivity contribution in [1.29, 1.82) is 0 Å². The highest BCUT2D eigenvalue weighted by Crippen LogP contribution is 2.38. The van der Waals surface area contributed by atoms with Gasteiger partial charge in [0.15, 0.2) is 11.6 Å². The van der Waals surface area contributed by atoms with Crippen molar-refractivity contribution in [1.82, 2.24) is 0 Å². The second-order valence-electron chi connectivity index (χ2n) is 10.2. The van der Waals surface area contributed by atoms with Crippen molar-refractivity contribution >= 4 is 0 Å². The Hall–Kier alpha value is -2.67. The molecule has 37 heavy (non-hydrogen) atoms. The molecule has 3 nitrogen and oxygen atoms in total. The first-order valence-corrected chi connectivity index (χ1v) is 13.2. The molecule has 1 N–H and O–H groups in total. The SMILES string of the molecule is CCCC(O)c1ccc(-c2ccc(COC3CCC(c4ccc(C5CO5)cc4F)CC3)c(F)c2F)cc1. The monoisotopic (exact) mass is 510 g/mol. The maximum absolute atomic E-state index is 14.9. The Kier molecular flexibility index (Phi) is 7.98. The normalized spacial score (nSPS) is 22.1. The molecule has 0 spiro atoms. The van der Waals surface area contributed by atoms with Crippen LogP contribution in [-0.4, -0.2) is 17.8 Å². The molecule has 1 saturated carbocycles. The lowest BCUT2D eigenvalue weighted by Crippen LogP contribution is -2.21. The van der Waals surface area contributed by atoms with Gasteiger partial charge < -0.3 is 14.6 Å². The zero-order chi connectivity index (χ0) is 25.9. The van der Waals surface area contributed by atoms with E-state index in [-0.39, 0.29) is 41.7 Å². The molecule has 3 aromatic carbocycles. The topological polar surface area (TPSA) is 42.0 Å². The van der Waals surface area contributed by atoms with E-state index < -0.39 is 17.7 Å². The van der Waals surface area contributed by atoms with Gasteiger partial charge in [0.1, 0.15) is 11.9 Å². The van der Waals surface area contributed by atoms with Gasteiger partial charge in [-0.2, -0.15) is 0 Å². The molecule has 2 unspecified atom stereocenters. The van der Waals surface area contributed by atoms with Crippen LogP contribution in [0.25, 0.3) is 11.1 Å². The highest BCUT2D eigenvalue weighted by atomic mass is 19.2. The van der Waals surface area contributed by atoms with E-state index in [1.54, 1.807) is 42.5 Å². The van der Waals surface area contributed by atoms with E-state index in [0.29, 0.717) is 18.6 Å². The summed E-state index contributed by atoms with van der Waals surface area (Å²) >= 11 is 0. The van der Waals surface area contributed by atoms with E-state index in [1.807, 2.05) is 19.1 Å². The predicted molar refractivity (Wildman–Crippen MR) is 137 cm³/mol. The average Bonchev–Trinajstić information content (AvgIpc) is 3.76. The van der Waals surface area contributed by atoms with E-state index in [0.717, 1.165) is 48.8 Å². The Balaban J connectivity index is 1.17. The van der Waals surface area contributed by atoms with Crippen LogP contribution in [0.4, 0.5) is 13.2 Å². The Bertz CT molecular complexity index is 1220. The quantitative estimate of drug-likeness (QED) is 0.297. The molecule has 2 fully saturated rings. The molecule has 5 rings (SSSR count). The van der Waals surface area contributed by atoms with Crippen molar-refractivity contribution in [2.24, 2.45) is 0 Å². The first kappa shape index (κ1) is 26.0. The van der Waals surface area contributed by atoms with Gasteiger partial charge in [-0.05, 0) is 66.3 Å². The zero-order valence-electron chi connectivity index (χ0n) is 21.1. The number of aliphatic hydroxyl groups excluding tert-OH is 1. The van der Waals surface area contributed by atoms with Gasteiger partial charge in [0, 0.05) is 11.1 Å². The van der Waals surface area contributed by atoms with Crippen LogP contribution in [0.1, 0.15) is 85.8 Å². The summed E-state index contributed by atoms with van der Waals surface area (Å²) in [4.78, 5) is 0. The van der Waals surface area contributed by atoms with Gasteiger partial charge in [0.2, 0.25) is 0 Å². The van der Waals surface area contributed by atoms with Crippen molar-refractivity contribution in [3.63, 3.8) is 0 Å². The molecule has 196 valence electrons. The third-order valence-electron chi connectivity index (χ3n) is 7.65. The molecule has 1 aliphatic carbocycles. The van der Waals surface area contributed by atoms with Crippen LogP contribution in [0.5, 0.6) is 0 Å². The van der Waals surface area contributed by atoms with Crippen molar-refractivity contribution < 1.29 is 27.8 Å². The standard InChI is InChI=1S/C31H33F3O3/c1-2-3-28(35)21-6-4-20(5-7-21)26-15-11-23(30(33)31(26)34)17-36-24-12-8-19(9-13-24)25-14-10-22(16-27(25)32)29-18-37-29/h4-7,10-11,14-16,19,24,28-29,35H,2-3,8-9,12-13,17-18H2,1H3. The Morgan fingerprint density at radius 1 is 0.946 bits per heavy atom. The van der Waals surface area contributed by atoms with Gasteiger partial charge >= 0.3 is 0 Å². The molecule has 2 aliphatic rings. The Morgan fingerprint density at radius 3 is 2.32 bits per heavy atom. The summed E-state index contributed by atoms with van der Waals surface area (Å²) in [5, 5.41) is 10.1. The Morgan fingerprint density at radius 2 is 1.68 bits per heavy atom. The van der Waals surface area contributed by atoms with Gasteiger partial charge in [-0.15, -0.1) is 0 Å². The van der Waals surface area contributed by atoms with Gasteiger partial charge in [0.05, 0.1) is 25.4 Å². The maximum atomic E-state index is 14.9. The van der Waals surface area contributed by atoms with Crippen LogP contribution in [-0.2, 0) is 16.1 Å². The third-order valence-corrected chi connectivity index (χ3v) is 7.65. The molecule has 0 radical (unpaired) electrons. The summed E-state index contributed by atoms with van der Waals surface area (Å²) < 4.78 is 55.6. The molecule has 6 heteroatoms. The first-order valence-electron chi connectivity index (χ1n) is 13.2. The van der Waals surface area contributed by atoms with E-state index in [2.05, 4.69) is 0 Å². The fourth-order valence-electron chi connectivity index (χ4n) is 5.31. The maximum Gasteiger partial charge on any atom is 0.167 e. The highest BCUT2D eigenvalue weighted by molar-refractivity contribution is 5.65. The van der Waals surface area contributed by atoms with Crippen molar-refractivity contribution in [2.45, 2.75) is 76.3 Å². The molecule has 0 aromatic heterocycles. The fraction of sp³-hybridized carbons (Fsp3) is 0.419. The molecular weight excluding hydrogens is 477 g/mol. The zero-order valence-corrected chi connectivity index (χ0v) is 21.1. The number of benzene rings is 3. The Labute approximate surface area is 216 Å². The van der Waals surface area contributed by atoms with E-state index >= 15 is 0 Å². The van der Waals surface area contributed by atoms with Crippen LogP contribution >= 0.6 is 0 Å². The predicted octanol–water partition coefficient (Wildman–Crippen LogP) is 7.92. The lowest BCUT2D eigenvalue weighted by molar-refractivity contribution is 0.0117. The van der Waals surface area contributed by atoms with Gasteiger partial charge in [-0.25, -0.2) is 13.2 Å². The van der Waals surface area contributed by atoms with Crippen LogP contribution < -0.4 is 0 Å². The minimum Gasteiger partial charge on any atom is -0.388 e. The first-order chi connectivity index (χ1) is 17.9. The minimum absolute atomic E-state index is 0.00897. The molecule has 3 aromatic rings. The number of hydrogen-bond donors (Lipinski definition) is 1. The largest absolute Gasteiger partial charge is 0.388 e. The fourth-order valence-corrected chi connectivity index (χ4v) is 5.31. The van der Waals surface area contributed by atoms with Gasteiger partial charge in [-0.1, -0.05) is 61.9 Å². The molecular formula is C31H33F3O3. The molecule has 1 heterocycles. The number of halogens is 3. The number of ether oxygens (including phenoxy) is 2. The van der Waals surface area contributed by atoms with Crippen LogP contribution in [0, 0.1) is 17.5 Å².